The van der Waals surface area contributed by atoms with Gasteiger partial charge in [0.05, 0.1) is 5.69 Å². The van der Waals surface area contributed by atoms with Gasteiger partial charge in [-0.25, -0.2) is 0 Å². The number of rotatable bonds is 5. The third-order valence-corrected chi connectivity index (χ3v) is 7.93. The molecule has 2 heterocycles. The first-order valence-electron chi connectivity index (χ1n) is 14.1. The predicted molar refractivity (Wildman–Crippen MR) is 175 cm³/mol. The highest BCUT2D eigenvalue weighted by atomic mass is 16.3. The molecule has 6 aromatic carbocycles. The van der Waals surface area contributed by atoms with Crippen molar-refractivity contribution in [2.75, 3.05) is 4.90 Å². The summed E-state index contributed by atoms with van der Waals surface area (Å²) < 4.78 is 6.33. The molecule has 0 aliphatic carbocycles. The summed E-state index contributed by atoms with van der Waals surface area (Å²) in [6, 6.07) is 53.0. The summed E-state index contributed by atoms with van der Waals surface area (Å²) in [4.78, 5) is 7.18. The van der Waals surface area contributed by atoms with E-state index in [0.717, 1.165) is 49.9 Å². The van der Waals surface area contributed by atoms with E-state index in [-0.39, 0.29) is 0 Å². The summed E-state index contributed by atoms with van der Waals surface area (Å²) in [6.07, 6.45) is 1.98. The fraction of sp³-hybridized carbons (Fsp3) is 0. The molecule has 0 aliphatic heterocycles. The average Bonchev–Trinajstić information content (AvgIpc) is 3.46. The van der Waals surface area contributed by atoms with Gasteiger partial charge in [-0.3, -0.25) is 4.98 Å². The van der Waals surface area contributed by atoms with Gasteiger partial charge >= 0.3 is 0 Å². The van der Waals surface area contributed by atoms with Gasteiger partial charge in [0.1, 0.15) is 11.1 Å². The Labute approximate surface area is 243 Å². The first kappa shape index (κ1) is 24.2. The SMILES string of the molecule is c1ccc(-c2ccc(-c3ccc(N(c4ccccc4)c4cccc5c4cnc4c6ccccc6oc54)cc3)cc2)cc1. The van der Waals surface area contributed by atoms with E-state index in [1.807, 2.05) is 36.5 Å². The Morgan fingerprint density at radius 3 is 1.69 bits per heavy atom. The Balaban J connectivity index is 1.22. The summed E-state index contributed by atoms with van der Waals surface area (Å²) in [5.41, 5.74) is 10.6. The van der Waals surface area contributed by atoms with Gasteiger partial charge in [-0.15, -0.1) is 0 Å². The Morgan fingerprint density at radius 2 is 0.976 bits per heavy atom. The van der Waals surface area contributed by atoms with Crippen LogP contribution in [0, 0.1) is 0 Å². The van der Waals surface area contributed by atoms with Crippen LogP contribution in [0.4, 0.5) is 17.1 Å². The number of anilines is 3. The number of hydrogen-bond donors (Lipinski definition) is 0. The molecular formula is C39H26N2O. The molecule has 0 unspecified atom stereocenters. The van der Waals surface area contributed by atoms with Gasteiger partial charge in [0.15, 0.2) is 5.58 Å². The molecule has 3 nitrogen and oxygen atoms in total. The van der Waals surface area contributed by atoms with Gasteiger partial charge < -0.3 is 9.32 Å². The zero-order valence-corrected chi connectivity index (χ0v) is 22.8. The summed E-state index contributed by atoms with van der Waals surface area (Å²) in [6.45, 7) is 0. The van der Waals surface area contributed by atoms with E-state index in [4.69, 9.17) is 9.40 Å². The van der Waals surface area contributed by atoms with E-state index in [2.05, 4.69) is 126 Å². The lowest BCUT2D eigenvalue weighted by atomic mass is 10.00. The number of benzene rings is 6. The van der Waals surface area contributed by atoms with Crippen molar-refractivity contribution in [3.8, 4) is 22.3 Å². The van der Waals surface area contributed by atoms with Crippen molar-refractivity contribution < 1.29 is 4.42 Å². The van der Waals surface area contributed by atoms with Crippen LogP contribution in [0.1, 0.15) is 0 Å². The van der Waals surface area contributed by atoms with Crippen molar-refractivity contribution >= 4 is 49.9 Å². The molecule has 0 saturated carbocycles. The lowest BCUT2D eigenvalue weighted by molar-refractivity contribution is 0.672. The maximum Gasteiger partial charge on any atom is 0.161 e. The lowest BCUT2D eigenvalue weighted by Gasteiger charge is -2.27. The minimum Gasteiger partial charge on any atom is -0.454 e. The Hall–Kier alpha value is -5.67. The molecule has 0 amide bonds. The fourth-order valence-corrected chi connectivity index (χ4v) is 5.85. The number of fused-ring (bicyclic) bond motifs is 5. The van der Waals surface area contributed by atoms with Gasteiger partial charge in [-0.2, -0.15) is 0 Å². The second-order valence-corrected chi connectivity index (χ2v) is 10.4. The van der Waals surface area contributed by atoms with E-state index in [1.54, 1.807) is 0 Å². The molecule has 0 fully saturated rings. The molecule has 8 aromatic rings. The molecule has 198 valence electrons. The quantitative estimate of drug-likeness (QED) is 0.218. The van der Waals surface area contributed by atoms with Crippen LogP contribution < -0.4 is 4.90 Å². The van der Waals surface area contributed by atoms with Crippen molar-refractivity contribution in [1.29, 1.82) is 0 Å². The number of furan rings is 1. The van der Waals surface area contributed by atoms with Crippen molar-refractivity contribution in [2.24, 2.45) is 0 Å². The number of aromatic nitrogens is 1. The normalized spacial score (nSPS) is 11.3. The van der Waals surface area contributed by atoms with Crippen LogP contribution >= 0.6 is 0 Å². The first-order valence-corrected chi connectivity index (χ1v) is 14.1. The Bertz CT molecular complexity index is 2170. The minimum absolute atomic E-state index is 0.817. The van der Waals surface area contributed by atoms with E-state index in [1.165, 1.54) is 22.3 Å². The van der Waals surface area contributed by atoms with Crippen LogP contribution in [0.15, 0.2) is 162 Å². The number of para-hydroxylation sites is 2. The lowest BCUT2D eigenvalue weighted by Crippen LogP contribution is -2.10. The Kier molecular flexibility index (Phi) is 5.79. The van der Waals surface area contributed by atoms with Crippen molar-refractivity contribution in [3.05, 3.63) is 158 Å². The van der Waals surface area contributed by atoms with Gasteiger partial charge in [0, 0.05) is 33.7 Å². The van der Waals surface area contributed by atoms with Crippen LogP contribution in [0.2, 0.25) is 0 Å². The molecular weight excluding hydrogens is 512 g/mol. The van der Waals surface area contributed by atoms with E-state index in [0.29, 0.717) is 0 Å². The number of nitrogens with zero attached hydrogens (tertiary/aromatic N) is 2. The third kappa shape index (κ3) is 4.11. The standard InChI is InChI=1S/C39H26N2O/c1-3-10-27(11-4-1)28-18-20-29(21-19-28)30-22-24-32(25-23-30)41(31-12-5-2-6-13-31)36-16-9-15-33-35(36)26-40-38-34-14-7-8-17-37(34)42-39(33)38/h1-26H. The number of hydrogen-bond acceptors (Lipinski definition) is 3. The van der Waals surface area contributed by atoms with Gasteiger partial charge in [0.2, 0.25) is 0 Å². The van der Waals surface area contributed by atoms with E-state index in [9.17, 15) is 0 Å². The zero-order valence-electron chi connectivity index (χ0n) is 22.8. The van der Waals surface area contributed by atoms with Crippen LogP contribution in [0.25, 0.3) is 55.1 Å². The molecule has 0 radical (unpaired) electrons. The largest absolute Gasteiger partial charge is 0.454 e. The fourth-order valence-electron chi connectivity index (χ4n) is 5.85. The molecule has 0 aliphatic rings. The van der Waals surface area contributed by atoms with Crippen LogP contribution in [0.3, 0.4) is 0 Å². The number of pyridine rings is 1. The summed E-state index contributed by atoms with van der Waals surface area (Å²) >= 11 is 0. The summed E-state index contributed by atoms with van der Waals surface area (Å²) in [5, 5.41) is 3.12. The molecule has 3 heteroatoms. The van der Waals surface area contributed by atoms with E-state index < -0.39 is 0 Å². The highest BCUT2D eigenvalue weighted by Crippen LogP contribution is 2.42. The molecule has 42 heavy (non-hydrogen) atoms. The van der Waals surface area contributed by atoms with Gasteiger partial charge in [0.25, 0.3) is 0 Å². The second-order valence-electron chi connectivity index (χ2n) is 10.4. The topological polar surface area (TPSA) is 29.3 Å². The molecule has 2 aromatic heterocycles. The molecule has 0 bridgehead atoms. The summed E-state index contributed by atoms with van der Waals surface area (Å²) in [7, 11) is 0. The molecule has 0 saturated heterocycles. The van der Waals surface area contributed by atoms with Gasteiger partial charge in [-0.05, 0) is 64.7 Å². The maximum absolute atomic E-state index is 6.33. The molecule has 0 atom stereocenters. The smallest absolute Gasteiger partial charge is 0.161 e. The molecule has 8 rings (SSSR count). The van der Waals surface area contributed by atoms with Crippen molar-refractivity contribution in [2.45, 2.75) is 0 Å². The highest BCUT2D eigenvalue weighted by molar-refractivity contribution is 6.15. The third-order valence-electron chi connectivity index (χ3n) is 7.93. The predicted octanol–water partition coefficient (Wildman–Crippen LogP) is 10.9. The van der Waals surface area contributed by atoms with Crippen LogP contribution in [0.5, 0.6) is 0 Å². The second kappa shape index (κ2) is 10.1. The first-order chi connectivity index (χ1) is 20.8. The monoisotopic (exact) mass is 538 g/mol. The molecule has 0 N–H and O–H groups in total. The zero-order chi connectivity index (χ0) is 27.9. The highest BCUT2D eigenvalue weighted by Gasteiger charge is 2.18. The maximum atomic E-state index is 6.33. The van der Waals surface area contributed by atoms with Gasteiger partial charge in [-0.1, -0.05) is 109 Å². The summed E-state index contributed by atoms with van der Waals surface area (Å²) in [5.74, 6) is 0. The van der Waals surface area contributed by atoms with E-state index >= 15 is 0 Å². The van der Waals surface area contributed by atoms with Crippen LogP contribution in [-0.4, -0.2) is 4.98 Å². The molecule has 0 spiro atoms. The average molecular weight is 539 g/mol. The Morgan fingerprint density at radius 1 is 0.429 bits per heavy atom. The minimum atomic E-state index is 0.817. The van der Waals surface area contributed by atoms with Crippen molar-refractivity contribution in [3.63, 3.8) is 0 Å². The van der Waals surface area contributed by atoms with Crippen molar-refractivity contribution in [1.82, 2.24) is 4.98 Å². The van der Waals surface area contributed by atoms with Crippen LogP contribution in [-0.2, 0) is 0 Å².